The van der Waals surface area contributed by atoms with E-state index in [-0.39, 0.29) is 5.91 Å². The lowest BCUT2D eigenvalue weighted by Gasteiger charge is -2.27. The Hall–Kier alpha value is -0.350. The van der Waals surface area contributed by atoms with E-state index in [1.165, 1.54) is 43.4 Å². The van der Waals surface area contributed by atoms with E-state index in [2.05, 4.69) is 28.2 Å². The van der Waals surface area contributed by atoms with Crippen LogP contribution in [0.1, 0.15) is 54.3 Å². The largest absolute Gasteiger partial charge is 0.351 e. The molecule has 0 bridgehead atoms. The van der Waals surface area contributed by atoms with E-state index in [9.17, 15) is 4.79 Å². The lowest BCUT2D eigenvalue weighted by molar-refractivity contribution is 0.0945. The van der Waals surface area contributed by atoms with Crippen molar-refractivity contribution >= 4 is 33.2 Å². The number of halogens is 1. The van der Waals surface area contributed by atoms with Crippen LogP contribution in [-0.2, 0) is 0 Å². The van der Waals surface area contributed by atoms with Gasteiger partial charge in [0.05, 0.1) is 8.66 Å². The maximum atomic E-state index is 12.1. The molecule has 1 heterocycles. The van der Waals surface area contributed by atoms with Crippen LogP contribution >= 0.6 is 27.3 Å². The first kappa shape index (κ1) is 15.0. The van der Waals surface area contributed by atoms with Crippen molar-refractivity contribution < 1.29 is 4.79 Å². The van der Waals surface area contributed by atoms with Crippen LogP contribution in [-0.4, -0.2) is 12.5 Å². The van der Waals surface area contributed by atoms with Gasteiger partial charge >= 0.3 is 0 Å². The average molecular weight is 344 g/mol. The van der Waals surface area contributed by atoms with Crippen molar-refractivity contribution in [2.45, 2.75) is 46.0 Å². The number of amides is 1. The van der Waals surface area contributed by atoms with Crippen LogP contribution in [0.2, 0.25) is 0 Å². The lowest BCUT2D eigenvalue weighted by Crippen LogP contribution is -2.30. The summed E-state index contributed by atoms with van der Waals surface area (Å²) >= 11 is 4.98. The Balaban J connectivity index is 1.78. The van der Waals surface area contributed by atoms with Crippen LogP contribution < -0.4 is 5.32 Å². The van der Waals surface area contributed by atoms with Crippen molar-refractivity contribution in [2.75, 3.05) is 6.54 Å². The molecule has 1 amide bonds. The number of aryl methyl sites for hydroxylation is 1. The fourth-order valence-electron chi connectivity index (χ4n) is 2.74. The fourth-order valence-corrected chi connectivity index (χ4v) is 4.19. The normalized spacial score (nSPS) is 23.3. The van der Waals surface area contributed by atoms with Gasteiger partial charge in [-0.05, 0) is 59.2 Å². The number of thiophene rings is 1. The summed E-state index contributed by atoms with van der Waals surface area (Å²) in [6.45, 7) is 5.14. The molecule has 0 atom stereocenters. The molecule has 1 aromatic heterocycles. The molecule has 1 aliphatic carbocycles. The Morgan fingerprint density at radius 1 is 1.37 bits per heavy atom. The van der Waals surface area contributed by atoms with Crippen molar-refractivity contribution in [2.24, 2.45) is 11.8 Å². The quantitative estimate of drug-likeness (QED) is 0.838. The van der Waals surface area contributed by atoms with E-state index in [0.29, 0.717) is 5.92 Å². The van der Waals surface area contributed by atoms with E-state index < -0.39 is 0 Å². The minimum Gasteiger partial charge on any atom is -0.351 e. The zero-order valence-corrected chi connectivity index (χ0v) is 14.1. The summed E-state index contributed by atoms with van der Waals surface area (Å²) in [6, 6.07) is 1.96. The minimum atomic E-state index is 0.0800. The van der Waals surface area contributed by atoms with Gasteiger partial charge in [-0.15, -0.1) is 11.3 Å². The van der Waals surface area contributed by atoms with Gasteiger partial charge in [0.2, 0.25) is 0 Å². The standard InChI is InChI=1S/C15H22BrNOS/c1-3-11-4-6-12(7-5-11)9-17-15(18)13-8-10(2)14(16)19-13/h8,11-12H,3-7,9H2,1-2H3,(H,17,18). The third-order valence-electron chi connectivity index (χ3n) is 4.18. The number of hydrogen-bond donors (Lipinski definition) is 1. The molecule has 0 spiro atoms. The predicted octanol–water partition coefficient (Wildman–Crippen LogP) is 4.77. The predicted molar refractivity (Wildman–Crippen MR) is 84.8 cm³/mol. The second-order valence-electron chi connectivity index (χ2n) is 5.57. The summed E-state index contributed by atoms with van der Waals surface area (Å²) in [4.78, 5) is 12.9. The summed E-state index contributed by atoms with van der Waals surface area (Å²) in [6.07, 6.45) is 6.51. The number of hydrogen-bond acceptors (Lipinski definition) is 2. The molecule has 0 aliphatic heterocycles. The van der Waals surface area contributed by atoms with Gasteiger partial charge in [-0.1, -0.05) is 26.2 Å². The van der Waals surface area contributed by atoms with Gasteiger partial charge in [0.15, 0.2) is 0 Å². The van der Waals surface area contributed by atoms with E-state index in [0.717, 1.165) is 26.7 Å². The first-order valence-electron chi connectivity index (χ1n) is 7.14. The van der Waals surface area contributed by atoms with Crippen LogP contribution in [0.5, 0.6) is 0 Å². The van der Waals surface area contributed by atoms with Gasteiger partial charge in [-0.3, -0.25) is 4.79 Å². The Kier molecular flexibility index (Phi) is 5.46. The molecule has 1 saturated carbocycles. The first-order chi connectivity index (χ1) is 9.10. The molecular formula is C15H22BrNOS. The molecule has 19 heavy (non-hydrogen) atoms. The van der Waals surface area contributed by atoms with Crippen molar-refractivity contribution in [1.82, 2.24) is 5.32 Å². The minimum absolute atomic E-state index is 0.0800. The number of carbonyl (C=O) groups excluding carboxylic acids is 1. The second-order valence-corrected chi connectivity index (χ2v) is 7.94. The number of rotatable bonds is 4. The van der Waals surface area contributed by atoms with Gasteiger partial charge in [0.25, 0.3) is 5.91 Å². The molecule has 1 fully saturated rings. The maximum absolute atomic E-state index is 12.1. The Labute approximate surface area is 128 Å². The highest BCUT2D eigenvalue weighted by molar-refractivity contribution is 9.11. The monoisotopic (exact) mass is 343 g/mol. The maximum Gasteiger partial charge on any atom is 0.261 e. The molecule has 0 radical (unpaired) electrons. The number of nitrogens with one attached hydrogen (secondary N) is 1. The molecule has 1 aliphatic rings. The zero-order chi connectivity index (χ0) is 13.8. The number of carbonyl (C=O) groups is 1. The molecular weight excluding hydrogens is 322 g/mol. The summed E-state index contributed by atoms with van der Waals surface area (Å²) < 4.78 is 1.06. The smallest absolute Gasteiger partial charge is 0.261 e. The van der Waals surface area contributed by atoms with Crippen LogP contribution in [0, 0.1) is 18.8 Å². The molecule has 1 aromatic rings. The van der Waals surface area contributed by atoms with E-state index in [4.69, 9.17) is 0 Å². The van der Waals surface area contributed by atoms with Crippen molar-refractivity contribution in [3.63, 3.8) is 0 Å². The highest BCUT2D eigenvalue weighted by Crippen LogP contribution is 2.30. The summed E-state index contributed by atoms with van der Waals surface area (Å²) in [5.74, 6) is 1.68. The molecule has 0 saturated heterocycles. The zero-order valence-electron chi connectivity index (χ0n) is 11.7. The SMILES string of the molecule is CCC1CCC(CNC(=O)c2cc(C)c(Br)s2)CC1. The highest BCUT2D eigenvalue weighted by atomic mass is 79.9. The molecule has 0 unspecified atom stereocenters. The molecule has 2 nitrogen and oxygen atoms in total. The fraction of sp³-hybridized carbons (Fsp3) is 0.667. The third-order valence-corrected chi connectivity index (χ3v) is 6.31. The topological polar surface area (TPSA) is 29.1 Å². The highest BCUT2D eigenvalue weighted by Gasteiger charge is 2.20. The first-order valence-corrected chi connectivity index (χ1v) is 8.75. The average Bonchev–Trinajstić information content (AvgIpc) is 2.77. The van der Waals surface area contributed by atoms with E-state index >= 15 is 0 Å². The van der Waals surface area contributed by atoms with Gasteiger partial charge in [0.1, 0.15) is 0 Å². The summed E-state index contributed by atoms with van der Waals surface area (Å²) in [5, 5.41) is 3.09. The van der Waals surface area contributed by atoms with Crippen LogP contribution in [0.25, 0.3) is 0 Å². The van der Waals surface area contributed by atoms with Crippen LogP contribution in [0.4, 0.5) is 0 Å². The van der Waals surface area contributed by atoms with E-state index in [1.807, 2.05) is 13.0 Å². The second kappa shape index (κ2) is 6.89. The Morgan fingerprint density at radius 3 is 2.53 bits per heavy atom. The van der Waals surface area contributed by atoms with Crippen LogP contribution in [0.3, 0.4) is 0 Å². The molecule has 2 rings (SSSR count). The van der Waals surface area contributed by atoms with Crippen molar-refractivity contribution in [3.05, 3.63) is 20.3 Å². The third kappa shape index (κ3) is 4.06. The molecule has 1 N–H and O–H groups in total. The lowest BCUT2D eigenvalue weighted by atomic mass is 9.81. The summed E-state index contributed by atoms with van der Waals surface area (Å²) in [5.41, 5.74) is 1.14. The van der Waals surface area contributed by atoms with Crippen molar-refractivity contribution in [3.8, 4) is 0 Å². The Bertz CT molecular complexity index is 416. The molecule has 0 aromatic carbocycles. The van der Waals surface area contributed by atoms with Gasteiger partial charge < -0.3 is 5.32 Å². The van der Waals surface area contributed by atoms with Crippen molar-refractivity contribution in [1.29, 1.82) is 0 Å². The van der Waals surface area contributed by atoms with Gasteiger partial charge in [0, 0.05) is 6.54 Å². The van der Waals surface area contributed by atoms with Gasteiger partial charge in [-0.25, -0.2) is 0 Å². The molecule has 4 heteroatoms. The van der Waals surface area contributed by atoms with Gasteiger partial charge in [-0.2, -0.15) is 0 Å². The summed E-state index contributed by atoms with van der Waals surface area (Å²) in [7, 11) is 0. The molecule has 106 valence electrons. The van der Waals surface area contributed by atoms with Crippen LogP contribution in [0.15, 0.2) is 9.85 Å². The van der Waals surface area contributed by atoms with E-state index in [1.54, 1.807) is 0 Å². The Morgan fingerprint density at radius 2 is 2.00 bits per heavy atom.